The molecule has 0 radical (unpaired) electrons. The Bertz CT molecular complexity index is 1220. The number of rotatable bonds is 6. The average Bonchev–Trinajstić information content (AvgIpc) is 3.29. The van der Waals surface area contributed by atoms with Crippen molar-refractivity contribution >= 4 is 29.1 Å². The fraction of sp³-hybridized carbons (Fsp3) is 0.0417. The van der Waals surface area contributed by atoms with E-state index in [4.69, 9.17) is 16.0 Å². The summed E-state index contributed by atoms with van der Waals surface area (Å²) in [5.74, 6) is 0.117. The van der Waals surface area contributed by atoms with Crippen molar-refractivity contribution in [2.75, 3.05) is 5.32 Å². The van der Waals surface area contributed by atoms with Crippen LogP contribution >= 0.6 is 11.6 Å². The Kier molecular flexibility index (Phi) is 6.10. The molecule has 2 N–H and O–H groups in total. The summed E-state index contributed by atoms with van der Waals surface area (Å²) < 4.78 is 5.67. The van der Waals surface area contributed by atoms with Crippen LogP contribution in [-0.4, -0.2) is 16.8 Å². The number of hydrogen-bond donors (Lipinski definition) is 2. The molecule has 0 aliphatic heterocycles. The molecule has 2 aromatic carbocycles. The van der Waals surface area contributed by atoms with E-state index in [0.29, 0.717) is 22.0 Å². The third-order valence-electron chi connectivity index (χ3n) is 4.53. The molecule has 2 aromatic heterocycles. The van der Waals surface area contributed by atoms with Gasteiger partial charge in [-0.15, -0.1) is 0 Å². The molecule has 0 aliphatic rings. The van der Waals surface area contributed by atoms with E-state index in [0.717, 1.165) is 11.1 Å². The summed E-state index contributed by atoms with van der Waals surface area (Å²) in [6.07, 6.45) is 3.11. The van der Waals surface area contributed by atoms with Crippen molar-refractivity contribution in [2.45, 2.75) is 6.54 Å². The zero-order chi connectivity index (χ0) is 21.6. The highest BCUT2D eigenvalue weighted by atomic mass is 35.5. The van der Waals surface area contributed by atoms with E-state index in [1.165, 1.54) is 6.20 Å². The lowest BCUT2D eigenvalue weighted by atomic mass is 10.2. The first-order valence-electron chi connectivity index (χ1n) is 9.53. The first-order valence-corrected chi connectivity index (χ1v) is 9.91. The number of furan rings is 1. The van der Waals surface area contributed by atoms with Gasteiger partial charge in [-0.05, 0) is 54.1 Å². The molecule has 0 saturated carbocycles. The second-order valence-electron chi connectivity index (χ2n) is 6.72. The number of aromatic nitrogens is 1. The Labute approximate surface area is 183 Å². The summed E-state index contributed by atoms with van der Waals surface area (Å²) >= 11 is 6.18. The summed E-state index contributed by atoms with van der Waals surface area (Å²) in [5, 5.41) is 6.19. The van der Waals surface area contributed by atoms with Gasteiger partial charge in [-0.1, -0.05) is 35.9 Å². The highest BCUT2D eigenvalue weighted by Crippen LogP contribution is 2.29. The minimum atomic E-state index is -0.344. The molecule has 7 heteroatoms. The van der Waals surface area contributed by atoms with Crippen LogP contribution in [0.25, 0.3) is 11.3 Å². The van der Waals surface area contributed by atoms with Crippen LogP contribution in [0.4, 0.5) is 5.69 Å². The zero-order valence-electron chi connectivity index (χ0n) is 16.3. The van der Waals surface area contributed by atoms with E-state index in [1.54, 1.807) is 48.7 Å². The minimum Gasteiger partial charge on any atom is -0.451 e. The van der Waals surface area contributed by atoms with Gasteiger partial charge in [0.25, 0.3) is 11.8 Å². The van der Waals surface area contributed by atoms with Crippen LogP contribution in [0, 0.1) is 0 Å². The quantitative estimate of drug-likeness (QED) is 0.440. The number of nitrogens with zero attached hydrogens (tertiary/aromatic N) is 1. The van der Waals surface area contributed by atoms with Gasteiger partial charge in [-0.3, -0.25) is 14.6 Å². The van der Waals surface area contributed by atoms with Crippen LogP contribution in [-0.2, 0) is 6.54 Å². The zero-order valence-corrected chi connectivity index (χ0v) is 17.1. The standard InChI is InChI=1S/C24H18ClN3O3/c25-20-9-2-1-8-19(20)21-10-11-22(31-21)24(30)27-14-16-5-3-7-18(13-16)28-23(29)17-6-4-12-26-15-17/h1-13,15H,14H2,(H,27,30)(H,28,29). The maximum Gasteiger partial charge on any atom is 0.287 e. The molecular weight excluding hydrogens is 414 g/mol. The van der Waals surface area contributed by atoms with Gasteiger partial charge in [-0.2, -0.15) is 0 Å². The molecule has 0 atom stereocenters. The monoisotopic (exact) mass is 431 g/mol. The fourth-order valence-corrected chi connectivity index (χ4v) is 3.22. The van der Waals surface area contributed by atoms with Gasteiger partial charge >= 0.3 is 0 Å². The highest BCUT2D eigenvalue weighted by Gasteiger charge is 2.14. The normalized spacial score (nSPS) is 10.5. The summed E-state index contributed by atoms with van der Waals surface area (Å²) in [4.78, 5) is 28.7. The molecule has 0 bridgehead atoms. The van der Waals surface area contributed by atoms with Crippen molar-refractivity contribution in [3.8, 4) is 11.3 Å². The van der Waals surface area contributed by atoms with Crippen molar-refractivity contribution in [1.29, 1.82) is 0 Å². The van der Waals surface area contributed by atoms with Crippen LogP contribution in [0.15, 0.2) is 89.6 Å². The first-order chi connectivity index (χ1) is 15.1. The third-order valence-corrected chi connectivity index (χ3v) is 4.86. The molecule has 0 aliphatic carbocycles. The second kappa shape index (κ2) is 9.28. The number of hydrogen-bond acceptors (Lipinski definition) is 4. The molecule has 4 aromatic rings. The molecule has 154 valence electrons. The molecular formula is C24H18ClN3O3. The van der Waals surface area contributed by atoms with Crippen molar-refractivity contribution < 1.29 is 14.0 Å². The number of carbonyl (C=O) groups excluding carboxylic acids is 2. The lowest BCUT2D eigenvalue weighted by Gasteiger charge is -2.08. The Balaban J connectivity index is 1.38. The maximum absolute atomic E-state index is 12.5. The second-order valence-corrected chi connectivity index (χ2v) is 7.13. The van der Waals surface area contributed by atoms with Crippen molar-refractivity contribution in [3.05, 3.63) is 107 Å². The van der Waals surface area contributed by atoms with Crippen LogP contribution in [0.5, 0.6) is 0 Å². The van der Waals surface area contributed by atoms with Crippen LogP contribution in [0.1, 0.15) is 26.5 Å². The molecule has 6 nitrogen and oxygen atoms in total. The Morgan fingerprint density at radius 1 is 0.935 bits per heavy atom. The minimum absolute atomic E-state index is 0.191. The van der Waals surface area contributed by atoms with Crippen molar-refractivity contribution in [3.63, 3.8) is 0 Å². The smallest absolute Gasteiger partial charge is 0.287 e. The van der Waals surface area contributed by atoms with Gasteiger partial charge in [0.2, 0.25) is 0 Å². The number of carbonyl (C=O) groups is 2. The molecule has 2 amide bonds. The SMILES string of the molecule is O=C(Nc1cccc(CNC(=O)c2ccc(-c3ccccc3Cl)o2)c1)c1cccnc1. The molecule has 0 fully saturated rings. The van der Waals surface area contributed by atoms with Gasteiger partial charge in [-0.25, -0.2) is 0 Å². The lowest BCUT2D eigenvalue weighted by molar-refractivity contribution is 0.0923. The third kappa shape index (κ3) is 4.99. The average molecular weight is 432 g/mol. The lowest BCUT2D eigenvalue weighted by Crippen LogP contribution is -2.22. The van der Waals surface area contributed by atoms with Crippen LogP contribution < -0.4 is 10.6 Å². The fourth-order valence-electron chi connectivity index (χ4n) is 2.99. The highest BCUT2D eigenvalue weighted by molar-refractivity contribution is 6.33. The number of nitrogens with one attached hydrogen (secondary N) is 2. The van der Waals surface area contributed by atoms with Crippen LogP contribution in [0.3, 0.4) is 0 Å². The van der Waals surface area contributed by atoms with E-state index in [1.807, 2.05) is 30.3 Å². The Morgan fingerprint density at radius 2 is 1.81 bits per heavy atom. The maximum atomic E-state index is 12.5. The molecule has 0 unspecified atom stereocenters. The van der Waals surface area contributed by atoms with Crippen molar-refractivity contribution in [2.24, 2.45) is 0 Å². The van der Waals surface area contributed by atoms with Gasteiger partial charge in [0.05, 0.1) is 10.6 Å². The van der Waals surface area contributed by atoms with Crippen molar-refractivity contribution in [1.82, 2.24) is 10.3 Å². The predicted molar refractivity (Wildman–Crippen MR) is 119 cm³/mol. The molecule has 0 spiro atoms. The number of amides is 2. The van der Waals surface area contributed by atoms with Crippen LogP contribution in [0.2, 0.25) is 5.02 Å². The number of pyridine rings is 1. The van der Waals surface area contributed by atoms with Gasteiger partial charge in [0.15, 0.2) is 5.76 Å². The summed E-state index contributed by atoms with van der Waals surface area (Å²) in [6.45, 7) is 0.275. The van der Waals surface area contributed by atoms with E-state index in [2.05, 4.69) is 15.6 Å². The van der Waals surface area contributed by atoms with Gasteiger partial charge < -0.3 is 15.1 Å². The Hall–Kier alpha value is -3.90. The van der Waals surface area contributed by atoms with E-state index >= 15 is 0 Å². The molecule has 31 heavy (non-hydrogen) atoms. The summed E-state index contributed by atoms with van der Waals surface area (Å²) in [7, 11) is 0. The number of anilines is 1. The largest absolute Gasteiger partial charge is 0.451 e. The molecule has 2 heterocycles. The number of halogens is 1. The molecule has 4 rings (SSSR count). The van der Waals surface area contributed by atoms with E-state index in [9.17, 15) is 9.59 Å². The first kappa shape index (κ1) is 20.4. The van der Waals surface area contributed by atoms with E-state index < -0.39 is 0 Å². The predicted octanol–water partition coefficient (Wildman–Crippen LogP) is 5.18. The number of benzene rings is 2. The molecule has 0 saturated heterocycles. The summed E-state index contributed by atoms with van der Waals surface area (Å²) in [5.41, 5.74) is 2.64. The van der Waals surface area contributed by atoms with Gasteiger partial charge in [0, 0.05) is 30.2 Å². The Morgan fingerprint density at radius 3 is 2.61 bits per heavy atom. The van der Waals surface area contributed by atoms with Gasteiger partial charge in [0.1, 0.15) is 5.76 Å². The topological polar surface area (TPSA) is 84.2 Å². The summed E-state index contributed by atoms with van der Waals surface area (Å²) in [6, 6.07) is 21.2. The van der Waals surface area contributed by atoms with E-state index in [-0.39, 0.29) is 24.1 Å².